The third-order valence-electron chi connectivity index (χ3n) is 14.7. The molecule has 12 rings (SSSR count). The van der Waals surface area contributed by atoms with E-state index in [0.29, 0.717) is 23.4 Å². The average Bonchev–Trinajstić information content (AvgIpc) is 3.85. The zero-order chi connectivity index (χ0) is 42.8. The van der Waals surface area contributed by atoms with Crippen molar-refractivity contribution < 1.29 is 0 Å². The number of hydrogen-bond acceptors (Lipinski definition) is 3. The van der Waals surface area contributed by atoms with Crippen molar-refractivity contribution in [3.8, 4) is 51.0 Å². The molecule has 306 valence electrons. The van der Waals surface area contributed by atoms with Crippen LogP contribution in [0.4, 0.5) is 0 Å². The summed E-state index contributed by atoms with van der Waals surface area (Å²) >= 11 is 0. The molecule has 63 heavy (non-hydrogen) atoms. The molecule has 0 radical (unpaired) electrons. The SMILES string of the molecule is Cc1cc(-c2nc(-c3ccccc3)nc(-c3ccccc3)n2)cc2c1-c1cc3c(cc1C2(C)C)C1=C(C=C(c2ccc4c(c2)c2c(n4-c4ccccc4)C=CCC2)CC1C)C3(C)C. The molecule has 1 atom stereocenters. The predicted molar refractivity (Wildman–Crippen MR) is 261 cm³/mol. The van der Waals surface area contributed by atoms with Crippen molar-refractivity contribution in [2.75, 3.05) is 0 Å². The van der Waals surface area contributed by atoms with Gasteiger partial charge in [-0.3, -0.25) is 0 Å². The second kappa shape index (κ2) is 13.8. The molecule has 0 saturated heterocycles. The lowest BCUT2D eigenvalue weighted by Crippen LogP contribution is -2.18. The normalized spacial score (nSPS) is 17.6. The maximum atomic E-state index is 5.12. The molecule has 1 unspecified atom stereocenters. The van der Waals surface area contributed by atoms with Gasteiger partial charge >= 0.3 is 0 Å². The summed E-state index contributed by atoms with van der Waals surface area (Å²) in [6.45, 7) is 14.4. The Morgan fingerprint density at radius 1 is 0.603 bits per heavy atom. The molecular formula is C59H50N4. The lowest BCUT2D eigenvalue weighted by atomic mass is 9.75. The fourth-order valence-corrected chi connectivity index (χ4v) is 11.5. The minimum Gasteiger partial charge on any atom is -0.310 e. The predicted octanol–water partition coefficient (Wildman–Crippen LogP) is 14.6. The van der Waals surface area contributed by atoms with Gasteiger partial charge in [-0.05, 0) is 154 Å². The fourth-order valence-electron chi connectivity index (χ4n) is 11.5. The lowest BCUT2D eigenvalue weighted by molar-refractivity contribution is 0.642. The summed E-state index contributed by atoms with van der Waals surface area (Å²) in [7, 11) is 0. The third kappa shape index (κ3) is 5.70. The highest BCUT2D eigenvalue weighted by atomic mass is 15.0. The van der Waals surface area contributed by atoms with Gasteiger partial charge < -0.3 is 4.57 Å². The Kier molecular flexibility index (Phi) is 8.28. The maximum Gasteiger partial charge on any atom is 0.164 e. The van der Waals surface area contributed by atoms with Gasteiger partial charge in [0.05, 0.1) is 5.52 Å². The molecule has 4 heteroatoms. The van der Waals surface area contributed by atoms with E-state index in [0.717, 1.165) is 36.0 Å². The van der Waals surface area contributed by atoms with Gasteiger partial charge in [0.25, 0.3) is 0 Å². The Morgan fingerprint density at radius 3 is 1.90 bits per heavy atom. The van der Waals surface area contributed by atoms with Crippen LogP contribution >= 0.6 is 0 Å². The monoisotopic (exact) mass is 814 g/mol. The maximum absolute atomic E-state index is 5.12. The van der Waals surface area contributed by atoms with Crippen molar-refractivity contribution in [1.29, 1.82) is 0 Å². The largest absolute Gasteiger partial charge is 0.310 e. The molecule has 0 bridgehead atoms. The number of hydrogen-bond donors (Lipinski definition) is 0. The van der Waals surface area contributed by atoms with Gasteiger partial charge in [-0.2, -0.15) is 0 Å². The standard InChI is InChI=1S/C59H50N4/c1-35-28-40(39-26-27-52-44(30-39)43-24-16-17-25-51(43)63(52)42-22-14-9-15-23-42)31-49-53(35)45-33-48-46(34-47(45)58(49,3)4)54-36(2)29-41(32-50(54)59(48,5)6)57-61-55(37-18-10-7-11-19-37)60-56(62-57)38-20-12-8-13-21-38/h7-15,17-23,25-27,29-35H,16,24,28H2,1-6H3. The minimum absolute atomic E-state index is 0.141. The van der Waals surface area contributed by atoms with Gasteiger partial charge in [-0.15, -0.1) is 0 Å². The molecule has 0 aliphatic heterocycles. The first-order chi connectivity index (χ1) is 30.6. The van der Waals surface area contributed by atoms with E-state index in [-0.39, 0.29) is 10.8 Å². The van der Waals surface area contributed by atoms with E-state index in [1.54, 1.807) is 0 Å². The van der Waals surface area contributed by atoms with Crippen LogP contribution in [0.15, 0.2) is 151 Å². The number of aryl methyl sites for hydroxylation is 2. The Balaban J connectivity index is 0.947. The van der Waals surface area contributed by atoms with E-state index in [4.69, 9.17) is 15.0 Å². The average molecular weight is 815 g/mol. The Bertz CT molecular complexity index is 3250. The van der Waals surface area contributed by atoms with Crippen molar-refractivity contribution in [2.24, 2.45) is 5.92 Å². The van der Waals surface area contributed by atoms with Crippen LogP contribution in [-0.2, 0) is 17.3 Å². The number of aromatic nitrogens is 4. The molecule has 8 aromatic rings. The quantitative estimate of drug-likeness (QED) is 0.174. The number of rotatable bonds is 5. The molecule has 4 nitrogen and oxygen atoms in total. The van der Waals surface area contributed by atoms with Crippen LogP contribution in [0.5, 0.6) is 0 Å². The van der Waals surface area contributed by atoms with Crippen molar-refractivity contribution in [2.45, 2.75) is 71.6 Å². The number of para-hydroxylation sites is 1. The highest BCUT2D eigenvalue weighted by molar-refractivity contribution is 5.97. The number of fused-ring (bicyclic) bond motifs is 8. The van der Waals surface area contributed by atoms with E-state index in [1.165, 1.54) is 89.1 Å². The Hall–Kier alpha value is -6.91. The zero-order valence-electron chi connectivity index (χ0n) is 36.9. The first-order valence-electron chi connectivity index (χ1n) is 22.6. The highest BCUT2D eigenvalue weighted by Gasteiger charge is 2.45. The minimum atomic E-state index is -0.218. The van der Waals surface area contributed by atoms with E-state index in [2.05, 4.69) is 161 Å². The molecule has 2 aromatic heterocycles. The molecule has 0 spiro atoms. The van der Waals surface area contributed by atoms with Crippen LogP contribution in [0.2, 0.25) is 0 Å². The van der Waals surface area contributed by atoms with Crippen molar-refractivity contribution in [3.63, 3.8) is 0 Å². The van der Waals surface area contributed by atoms with E-state index >= 15 is 0 Å². The molecule has 6 aromatic carbocycles. The molecule has 2 heterocycles. The second-order valence-corrected chi connectivity index (χ2v) is 19.3. The summed E-state index contributed by atoms with van der Waals surface area (Å²) in [6, 6.07) is 48.4. The first-order valence-corrected chi connectivity index (χ1v) is 22.6. The third-order valence-corrected chi connectivity index (χ3v) is 14.7. The van der Waals surface area contributed by atoms with Crippen LogP contribution in [0.3, 0.4) is 0 Å². The molecule has 0 amide bonds. The summed E-state index contributed by atoms with van der Waals surface area (Å²) in [5.41, 5.74) is 23.3. The summed E-state index contributed by atoms with van der Waals surface area (Å²) in [5, 5.41) is 1.39. The zero-order valence-corrected chi connectivity index (χ0v) is 36.9. The number of nitrogens with zero attached hydrogens (tertiary/aromatic N) is 4. The van der Waals surface area contributed by atoms with Crippen LogP contribution < -0.4 is 0 Å². The summed E-state index contributed by atoms with van der Waals surface area (Å²) in [6.07, 6.45) is 10.4. The van der Waals surface area contributed by atoms with Crippen LogP contribution in [0, 0.1) is 12.8 Å². The fraction of sp³-hybridized carbons (Fsp3) is 0.203. The molecule has 0 saturated carbocycles. The van der Waals surface area contributed by atoms with Crippen LogP contribution in [0.1, 0.15) is 92.1 Å². The first kappa shape index (κ1) is 37.8. The van der Waals surface area contributed by atoms with Gasteiger partial charge in [0.1, 0.15) is 0 Å². The molecular weight excluding hydrogens is 765 g/mol. The lowest BCUT2D eigenvalue weighted by Gasteiger charge is -2.28. The van der Waals surface area contributed by atoms with Gasteiger partial charge in [0.2, 0.25) is 0 Å². The van der Waals surface area contributed by atoms with Gasteiger partial charge in [0, 0.05) is 44.3 Å². The van der Waals surface area contributed by atoms with Crippen molar-refractivity contribution in [1.82, 2.24) is 19.5 Å². The summed E-state index contributed by atoms with van der Waals surface area (Å²) < 4.78 is 2.46. The van der Waals surface area contributed by atoms with Crippen molar-refractivity contribution in [3.05, 3.63) is 196 Å². The molecule has 0 N–H and O–H groups in total. The smallest absolute Gasteiger partial charge is 0.164 e. The Morgan fingerprint density at radius 2 is 1.22 bits per heavy atom. The summed E-state index contributed by atoms with van der Waals surface area (Å²) in [5.74, 6) is 2.45. The molecule has 4 aliphatic rings. The van der Waals surface area contributed by atoms with E-state index in [9.17, 15) is 0 Å². The van der Waals surface area contributed by atoms with Crippen LogP contribution in [0.25, 0.3) is 79.1 Å². The second-order valence-electron chi connectivity index (χ2n) is 19.3. The Labute approximate surface area is 370 Å². The molecule has 4 aliphatic carbocycles. The highest BCUT2D eigenvalue weighted by Crippen LogP contribution is 2.59. The molecule has 0 fully saturated rings. The number of benzene rings is 6. The van der Waals surface area contributed by atoms with Gasteiger partial charge in [0.15, 0.2) is 17.5 Å². The summed E-state index contributed by atoms with van der Waals surface area (Å²) in [4.78, 5) is 15.2. The van der Waals surface area contributed by atoms with Crippen molar-refractivity contribution >= 4 is 28.1 Å². The van der Waals surface area contributed by atoms with E-state index < -0.39 is 0 Å². The van der Waals surface area contributed by atoms with Gasteiger partial charge in [-0.25, -0.2) is 15.0 Å². The van der Waals surface area contributed by atoms with Gasteiger partial charge in [-0.1, -0.05) is 132 Å². The number of allylic oxidation sites excluding steroid dienone is 5. The van der Waals surface area contributed by atoms with E-state index in [1.807, 2.05) is 36.4 Å². The topological polar surface area (TPSA) is 43.6 Å². The van der Waals surface area contributed by atoms with Crippen LogP contribution in [-0.4, -0.2) is 19.5 Å².